The highest BCUT2D eigenvalue weighted by Crippen LogP contribution is 2.29. The van der Waals surface area contributed by atoms with Gasteiger partial charge < -0.3 is 5.32 Å². The molecule has 4 nitrogen and oxygen atoms in total. The van der Waals surface area contributed by atoms with Crippen LogP contribution in [0.25, 0.3) is 22.0 Å². The molecule has 0 saturated carbocycles. The molecule has 4 aromatic rings. The Morgan fingerprint density at radius 2 is 1.77 bits per heavy atom. The zero-order valence-corrected chi connectivity index (χ0v) is 16.4. The summed E-state index contributed by atoms with van der Waals surface area (Å²) in [4.78, 5) is 2.26. The smallest absolute Gasteiger partial charge is 0.127 e. The van der Waals surface area contributed by atoms with Crippen LogP contribution in [0.2, 0.25) is 0 Å². The van der Waals surface area contributed by atoms with E-state index in [0.29, 0.717) is 12.1 Å². The summed E-state index contributed by atoms with van der Waals surface area (Å²) >= 11 is 0. The van der Waals surface area contributed by atoms with E-state index in [1.54, 1.807) is 12.3 Å². The normalized spacial score (nSPS) is 17.5. The maximum Gasteiger partial charge on any atom is 0.127 e. The Balaban J connectivity index is 1.44. The summed E-state index contributed by atoms with van der Waals surface area (Å²) in [6, 6.07) is 18.0. The quantitative estimate of drug-likeness (QED) is 0.520. The van der Waals surface area contributed by atoms with Crippen molar-refractivity contribution in [2.45, 2.75) is 12.6 Å². The summed E-state index contributed by atoms with van der Waals surface area (Å²) in [5.74, 6) is -0.457. The molecule has 1 atom stereocenters. The van der Waals surface area contributed by atoms with E-state index in [2.05, 4.69) is 26.5 Å². The van der Waals surface area contributed by atoms with Gasteiger partial charge in [-0.1, -0.05) is 24.3 Å². The lowest BCUT2D eigenvalue weighted by molar-refractivity contribution is 0.152. The molecule has 0 aliphatic carbocycles. The summed E-state index contributed by atoms with van der Waals surface area (Å²) < 4.78 is 28.1. The first-order valence-electron chi connectivity index (χ1n) is 10.1. The van der Waals surface area contributed by atoms with Gasteiger partial charge in [-0.2, -0.15) is 5.10 Å². The lowest BCUT2D eigenvalue weighted by Crippen LogP contribution is -2.45. The molecule has 5 rings (SSSR count). The predicted octanol–water partition coefficient (Wildman–Crippen LogP) is 4.65. The first kappa shape index (κ1) is 18.9. The van der Waals surface area contributed by atoms with E-state index in [9.17, 15) is 8.78 Å². The molecule has 2 heterocycles. The number of nitrogens with one attached hydrogen (secondary N) is 2. The van der Waals surface area contributed by atoms with Crippen molar-refractivity contribution in [2.75, 3.05) is 19.6 Å². The van der Waals surface area contributed by atoms with Crippen molar-refractivity contribution >= 4 is 10.9 Å². The molecular formula is C24H22F2N4. The second kappa shape index (κ2) is 7.97. The molecule has 1 unspecified atom stereocenters. The molecule has 0 radical (unpaired) electrons. The third-order valence-corrected chi connectivity index (χ3v) is 5.80. The van der Waals surface area contributed by atoms with Crippen LogP contribution in [-0.4, -0.2) is 34.7 Å². The number of nitrogens with zero attached hydrogens (tertiary/aromatic N) is 2. The zero-order chi connectivity index (χ0) is 20.5. The zero-order valence-electron chi connectivity index (χ0n) is 16.4. The van der Waals surface area contributed by atoms with Crippen LogP contribution in [0.5, 0.6) is 0 Å². The van der Waals surface area contributed by atoms with Crippen LogP contribution >= 0.6 is 0 Å². The minimum absolute atomic E-state index is 0.0738. The second-order valence-corrected chi connectivity index (χ2v) is 7.72. The van der Waals surface area contributed by atoms with Gasteiger partial charge in [-0.25, -0.2) is 8.78 Å². The Hall–Kier alpha value is -3.09. The molecule has 1 aliphatic rings. The van der Waals surface area contributed by atoms with E-state index in [0.717, 1.165) is 47.2 Å². The van der Waals surface area contributed by atoms with Crippen molar-refractivity contribution < 1.29 is 8.78 Å². The topological polar surface area (TPSA) is 44.0 Å². The van der Waals surface area contributed by atoms with Gasteiger partial charge in [0.15, 0.2) is 0 Å². The third-order valence-electron chi connectivity index (χ3n) is 5.80. The molecule has 1 saturated heterocycles. The van der Waals surface area contributed by atoms with E-state index in [4.69, 9.17) is 0 Å². The van der Waals surface area contributed by atoms with Crippen LogP contribution in [0.15, 0.2) is 66.9 Å². The van der Waals surface area contributed by atoms with Crippen LogP contribution in [0.1, 0.15) is 17.2 Å². The van der Waals surface area contributed by atoms with Gasteiger partial charge in [-0.15, -0.1) is 0 Å². The Kier molecular flexibility index (Phi) is 5.02. The van der Waals surface area contributed by atoms with Gasteiger partial charge in [-0.05, 0) is 53.1 Å². The van der Waals surface area contributed by atoms with Crippen molar-refractivity contribution in [1.82, 2.24) is 20.4 Å². The predicted molar refractivity (Wildman–Crippen MR) is 114 cm³/mol. The van der Waals surface area contributed by atoms with Gasteiger partial charge >= 0.3 is 0 Å². The number of halogens is 2. The molecule has 1 aliphatic heterocycles. The third kappa shape index (κ3) is 3.72. The minimum Gasteiger partial charge on any atom is -0.314 e. The number of rotatable bonds is 4. The molecule has 2 N–H and O–H groups in total. The summed E-state index contributed by atoms with van der Waals surface area (Å²) in [7, 11) is 0. The molecule has 6 heteroatoms. The molecule has 0 spiro atoms. The average Bonchev–Trinajstić information content (AvgIpc) is 3.24. The van der Waals surface area contributed by atoms with E-state index in [-0.39, 0.29) is 17.7 Å². The van der Waals surface area contributed by atoms with Crippen LogP contribution in [-0.2, 0) is 6.54 Å². The summed E-state index contributed by atoms with van der Waals surface area (Å²) in [5.41, 5.74) is 4.67. The van der Waals surface area contributed by atoms with E-state index >= 15 is 0 Å². The Morgan fingerprint density at radius 3 is 2.63 bits per heavy atom. The number of benzene rings is 3. The number of piperazine rings is 1. The molecule has 1 fully saturated rings. The number of H-pyrrole nitrogens is 1. The van der Waals surface area contributed by atoms with Crippen molar-refractivity contribution in [3.63, 3.8) is 0 Å². The molecule has 1 aromatic heterocycles. The SMILES string of the molecule is Fc1ccc(C2CNCCN2Cc2cc(-c3ccc4[nH]ncc4c3)ccc2F)cc1. The van der Waals surface area contributed by atoms with Gasteiger partial charge in [0.1, 0.15) is 11.6 Å². The van der Waals surface area contributed by atoms with Crippen molar-refractivity contribution in [3.05, 3.63) is 89.6 Å². The Bertz CT molecular complexity index is 1170. The monoisotopic (exact) mass is 404 g/mol. The van der Waals surface area contributed by atoms with Crippen LogP contribution in [0, 0.1) is 11.6 Å². The summed E-state index contributed by atoms with van der Waals surface area (Å²) in [6.45, 7) is 2.89. The second-order valence-electron chi connectivity index (χ2n) is 7.72. The molecule has 0 amide bonds. The molecule has 30 heavy (non-hydrogen) atoms. The highest BCUT2D eigenvalue weighted by atomic mass is 19.1. The van der Waals surface area contributed by atoms with E-state index in [1.165, 1.54) is 12.1 Å². The lowest BCUT2D eigenvalue weighted by atomic mass is 9.99. The van der Waals surface area contributed by atoms with Gasteiger partial charge in [0.05, 0.1) is 11.7 Å². The first-order chi connectivity index (χ1) is 14.7. The van der Waals surface area contributed by atoms with Crippen molar-refractivity contribution in [2.24, 2.45) is 0 Å². The van der Waals surface area contributed by atoms with E-state index in [1.807, 2.05) is 36.4 Å². The largest absolute Gasteiger partial charge is 0.314 e. The molecule has 152 valence electrons. The molecule has 0 bridgehead atoms. The fraction of sp³-hybridized carbons (Fsp3) is 0.208. The number of hydrogen-bond donors (Lipinski definition) is 2. The van der Waals surface area contributed by atoms with Crippen LogP contribution < -0.4 is 5.32 Å². The average molecular weight is 404 g/mol. The number of aromatic nitrogens is 2. The number of fused-ring (bicyclic) bond motifs is 1. The van der Waals surface area contributed by atoms with Gasteiger partial charge in [0.2, 0.25) is 0 Å². The Morgan fingerprint density at radius 1 is 0.967 bits per heavy atom. The van der Waals surface area contributed by atoms with Gasteiger partial charge in [0.25, 0.3) is 0 Å². The summed E-state index contributed by atoms with van der Waals surface area (Å²) in [5, 5.41) is 11.4. The van der Waals surface area contributed by atoms with Gasteiger partial charge in [0, 0.05) is 43.2 Å². The molecule has 3 aromatic carbocycles. The first-order valence-corrected chi connectivity index (χ1v) is 10.1. The Labute approximate surface area is 173 Å². The van der Waals surface area contributed by atoms with Crippen molar-refractivity contribution in [1.29, 1.82) is 0 Å². The van der Waals surface area contributed by atoms with Gasteiger partial charge in [-0.3, -0.25) is 10.00 Å². The van der Waals surface area contributed by atoms with Crippen molar-refractivity contribution in [3.8, 4) is 11.1 Å². The van der Waals surface area contributed by atoms with E-state index < -0.39 is 0 Å². The maximum atomic E-state index is 14.7. The standard InChI is InChI=1S/C24H22F2N4/c25-21-5-1-16(2-6-21)24-14-27-9-10-30(24)15-20-12-17(3-7-22(20)26)18-4-8-23-19(11-18)13-28-29-23/h1-8,11-13,24,27H,9-10,14-15H2,(H,28,29). The maximum absolute atomic E-state index is 14.7. The lowest BCUT2D eigenvalue weighted by Gasteiger charge is -2.36. The highest BCUT2D eigenvalue weighted by Gasteiger charge is 2.24. The minimum atomic E-state index is -0.248. The number of hydrogen-bond acceptors (Lipinski definition) is 3. The number of aromatic amines is 1. The molecular weight excluding hydrogens is 382 g/mol. The fourth-order valence-electron chi connectivity index (χ4n) is 4.17. The van der Waals surface area contributed by atoms with Crippen LogP contribution in [0.4, 0.5) is 8.78 Å². The highest BCUT2D eigenvalue weighted by molar-refractivity contribution is 5.84. The summed E-state index contributed by atoms with van der Waals surface area (Å²) in [6.07, 6.45) is 1.79. The fourth-order valence-corrected chi connectivity index (χ4v) is 4.17. The van der Waals surface area contributed by atoms with Crippen LogP contribution in [0.3, 0.4) is 0 Å².